The molecule has 3 aromatic rings. The van der Waals surface area contributed by atoms with Crippen LogP contribution in [0.25, 0.3) is 0 Å². The monoisotopic (exact) mass is 359 g/mol. The molecular weight excluding hydrogens is 338 g/mol. The molecule has 0 bridgehead atoms. The molecule has 1 aromatic heterocycles. The quantitative estimate of drug-likeness (QED) is 0.618. The number of benzene rings is 2. The smallest absolute Gasteiger partial charge is 0.274 e. The van der Waals surface area contributed by atoms with Gasteiger partial charge in [-0.15, -0.1) is 0 Å². The van der Waals surface area contributed by atoms with Crippen molar-refractivity contribution in [2.75, 3.05) is 10.6 Å². The van der Waals surface area contributed by atoms with Gasteiger partial charge in [0.15, 0.2) is 5.78 Å². The van der Waals surface area contributed by atoms with Gasteiger partial charge in [-0.3, -0.25) is 9.59 Å². The van der Waals surface area contributed by atoms with Crippen LogP contribution in [0.5, 0.6) is 0 Å². The van der Waals surface area contributed by atoms with Gasteiger partial charge in [0.1, 0.15) is 5.69 Å². The molecule has 1 amide bonds. The molecule has 0 saturated heterocycles. The minimum Gasteiger partial charge on any atom is -0.354 e. The van der Waals surface area contributed by atoms with E-state index in [1.807, 2.05) is 24.3 Å². The number of carbonyl (C=O) groups excluding carboxylic acids is 2. The molecule has 0 aliphatic carbocycles. The van der Waals surface area contributed by atoms with Gasteiger partial charge in [-0.2, -0.15) is 0 Å². The van der Waals surface area contributed by atoms with E-state index >= 15 is 0 Å². The highest BCUT2D eigenvalue weighted by atomic mass is 16.2. The Balaban J connectivity index is 1.67. The number of aryl methyl sites for hydroxylation is 1. The Morgan fingerprint density at radius 3 is 2.26 bits per heavy atom. The zero-order chi connectivity index (χ0) is 19.2. The third-order valence-corrected chi connectivity index (χ3v) is 4.22. The highest BCUT2D eigenvalue weighted by molar-refractivity contribution is 6.03. The molecule has 1 heterocycles. The van der Waals surface area contributed by atoms with Crippen LogP contribution in [0.1, 0.15) is 40.3 Å². The maximum Gasteiger partial charge on any atom is 0.274 e. The van der Waals surface area contributed by atoms with Crippen LogP contribution in [-0.2, 0) is 6.42 Å². The van der Waals surface area contributed by atoms with Crippen LogP contribution in [0, 0.1) is 0 Å². The number of hydrogen-bond donors (Lipinski definition) is 2. The van der Waals surface area contributed by atoms with Crippen molar-refractivity contribution in [3.05, 3.63) is 83.7 Å². The van der Waals surface area contributed by atoms with Crippen molar-refractivity contribution in [2.24, 2.45) is 0 Å². The molecule has 0 saturated carbocycles. The highest BCUT2D eigenvalue weighted by Crippen LogP contribution is 2.21. The first-order valence-corrected chi connectivity index (χ1v) is 8.80. The number of carbonyl (C=O) groups is 2. The molecule has 5 heteroatoms. The number of hydrogen-bond acceptors (Lipinski definition) is 4. The highest BCUT2D eigenvalue weighted by Gasteiger charge is 2.09. The molecule has 2 N–H and O–H groups in total. The first kappa shape index (κ1) is 18.3. The summed E-state index contributed by atoms with van der Waals surface area (Å²) in [4.78, 5) is 27.9. The second-order valence-electron chi connectivity index (χ2n) is 6.16. The molecule has 3 rings (SSSR count). The number of amides is 1. The number of anilines is 3. The Bertz CT molecular complexity index is 948. The van der Waals surface area contributed by atoms with Crippen molar-refractivity contribution in [3.8, 4) is 0 Å². The fourth-order valence-electron chi connectivity index (χ4n) is 2.69. The summed E-state index contributed by atoms with van der Waals surface area (Å²) in [6.07, 6.45) is 2.57. The van der Waals surface area contributed by atoms with E-state index in [0.717, 1.165) is 17.8 Å². The standard InChI is InChI=1S/C22H21N3O2/c1-3-16-6-4-5-7-20(16)24-19-12-13-21(23-14-19)22(27)25-18-10-8-17(9-11-18)15(2)26/h4-14,24H,3H2,1-2H3,(H,25,27). The Labute approximate surface area is 158 Å². The number of rotatable bonds is 6. The summed E-state index contributed by atoms with van der Waals surface area (Å²) in [7, 11) is 0. The third kappa shape index (κ3) is 4.58. The van der Waals surface area contributed by atoms with Crippen LogP contribution in [0.3, 0.4) is 0 Å². The number of nitrogens with zero attached hydrogens (tertiary/aromatic N) is 1. The predicted octanol–water partition coefficient (Wildman–Crippen LogP) is 4.84. The summed E-state index contributed by atoms with van der Waals surface area (Å²) in [5.41, 5.74) is 4.61. The van der Waals surface area contributed by atoms with E-state index in [1.54, 1.807) is 36.5 Å². The zero-order valence-electron chi connectivity index (χ0n) is 15.3. The van der Waals surface area contributed by atoms with E-state index in [-0.39, 0.29) is 11.7 Å². The molecule has 0 fully saturated rings. The number of nitrogens with one attached hydrogen (secondary N) is 2. The van der Waals surface area contributed by atoms with Gasteiger partial charge in [-0.1, -0.05) is 25.1 Å². The summed E-state index contributed by atoms with van der Waals surface area (Å²) in [5, 5.41) is 6.11. The van der Waals surface area contributed by atoms with Gasteiger partial charge in [-0.05, 0) is 61.4 Å². The summed E-state index contributed by atoms with van der Waals surface area (Å²) in [6, 6.07) is 18.4. The number of ketones is 1. The Morgan fingerprint density at radius 1 is 0.926 bits per heavy atom. The summed E-state index contributed by atoms with van der Waals surface area (Å²) in [5.74, 6) is -0.312. The lowest BCUT2D eigenvalue weighted by molar-refractivity contribution is 0.101. The van der Waals surface area contributed by atoms with E-state index < -0.39 is 0 Å². The molecule has 0 radical (unpaired) electrons. The third-order valence-electron chi connectivity index (χ3n) is 4.22. The molecular formula is C22H21N3O2. The number of para-hydroxylation sites is 1. The van der Waals surface area contributed by atoms with Gasteiger partial charge in [0.05, 0.1) is 11.9 Å². The lowest BCUT2D eigenvalue weighted by atomic mass is 10.1. The van der Waals surface area contributed by atoms with Crippen LogP contribution in [-0.4, -0.2) is 16.7 Å². The Hall–Kier alpha value is -3.47. The van der Waals surface area contributed by atoms with Crippen molar-refractivity contribution in [3.63, 3.8) is 0 Å². The Morgan fingerprint density at radius 2 is 1.63 bits per heavy atom. The summed E-state index contributed by atoms with van der Waals surface area (Å²) in [6.45, 7) is 3.61. The van der Waals surface area contributed by atoms with Gasteiger partial charge in [0.2, 0.25) is 0 Å². The van der Waals surface area contributed by atoms with Gasteiger partial charge in [0.25, 0.3) is 5.91 Å². The van der Waals surface area contributed by atoms with Crippen molar-refractivity contribution in [2.45, 2.75) is 20.3 Å². The molecule has 0 aliphatic heterocycles. The minimum absolute atomic E-state index is 0.0118. The molecule has 2 aromatic carbocycles. The maximum atomic E-state index is 12.3. The van der Waals surface area contributed by atoms with Gasteiger partial charge >= 0.3 is 0 Å². The van der Waals surface area contributed by atoms with E-state index in [2.05, 4.69) is 28.6 Å². The maximum absolute atomic E-state index is 12.3. The van der Waals surface area contributed by atoms with E-state index in [1.165, 1.54) is 12.5 Å². The normalized spacial score (nSPS) is 10.3. The lowest BCUT2D eigenvalue weighted by Crippen LogP contribution is -2.13. The number of Topliss-reactive ketones (excluding diaryl/α,β-unsaturated/α-hetero) is 1. The topological polar surface area (TPSA) is 71.1 Å². The first-order valence-electron chi connectivity index (χ1n) is 8.80. The molecule has 136 valence electrons. The fourth-order valence-corrected chi connectivity index (χ4v) is 2.69. The Kier molecular flexibility index (Phi) is 5.61. The minimum atomic E-state index is -0.300. The van der Waals surface area contributed by atoms with Gasteiger partial charge < -0.3 is 10.6 Å². The van der Waals surface area contributed by atoms with Gasteiger partial charge in [0, 0.05) is 16.9 Å². The average Bonchev–Trinajstić information content (AvgIpc) is 2.69. The molecule has 0 spiro atoms. The molecule has 0 unspecified atom stereocenters. The van der Waals surface area contributed by atoms with Crippen molar-refractivity contribution < 1.29 is 9.59 Å². The van der Waals surface area contributed by atoms with E-state index in [4.69, 9.17) is 0 Å². The number of pyridine rings is 1. The zero-order valence-corrected chi connectivity index (χ0v) is 15.3. The largest absolute Gasteiger partial charge is 0.354 e. The first-order chi connectivity index (χ1) is 13.1. The fraction of sp³-hybridized carbons (Fsp3) is 0.136. The average molecular weight is 359 g/mol. The molecule has 0 atom stereocenters. The van der Waals surface area contributed by atoms with Crippen LogP contribution in [0.15, 0.2) is 66.9 Å². The molecule has 27 heavy (non-hydrogen) atoms. The second kappa shape index (κ2) is 8.27. The summed E-state index contributed by atoms with van der Waals surface area (Å²) < 4.78 is 0. The van der Waals surface area contributed by atoms with Crippen molar-refractivity contribution >= 4 is 28.8 Å². The SMILES string of the molecule is CCc1ccccc1Nc1ccc(C(=O)Nc2ccc(C(C)=O)cc2)nc1. The van der Waals surface area contributed by atoms with Crippen LogP contribution < -0.4 is 10.6 Å². The lowest BCUT2D eigenvalue weighted by Gasteiger charge is -2.11. The van der Waals surface area contributed by atoms with Gasteiger partial charge in [-0.25, -0.2) is 4.98 Å². The molecule has 0 aliphatic rings. The van der Waals surface area contributed by atoms with Crippen LogP contribution in [0.2, 0.25) is 0 Å². The van der Waals surface area contributed by atoms with E-state index in [0.29, 0.717) is 16.9 Å². The van der Waals surface area contributed by atoms with Crippen LogP contribution >= 0.6 is 0 Å². The molecule has 5 nitrogen and oxygen atoms in total. The van der Waals surface area contributed by atoms with Crippen molar-refractivity contribution in [1.82, 2.24) is 4.98 Å². The summed E-state index contributed by atoms with van der Waals surface area (Å²) >= 11 is 0. The van der Waals surface area contributed by atoms with Crippen molar-refractivity contribution in [1.29, 1.82) is 0 Å². The predicted molar refractivity (Wildman–Crippen MR) is 108 cm³/mol. The number of aromatic nitrogens is 1. The second-order valence-corrected chi connectivity index (χ2v) is 6.16. The van der Waals surface area contributed by atoms with Crippen LogP contribution in [0.4, 0.5) is 17.1 Å². The van der Waals surface area contributed by atoms with E-state index in [9.17, 15) is 9.59 Å².